The van der Waals surface area contributed by atoms with Gasteiger partial charge < -0.3 is 14.8 Å². The summed E-state index contributed by atoms with van der Waals surface area (Å²) in [5.74, 6) is -0.554. The summed E-state index contributed by atoms with van der Waals surface area (Å²) >= 11 is 6.06. The molecule has 3 aromatic carbocycles. The maximum atomic E-state index is 13.6. The molecule has 0 aromatic heterocycles. The van der Waals surface area contributed by atoms with E-state index in [2.05, 4.69) is 5.32 Å². The smallest absolute Gasteiger partial charge is 0.282 e. The van der Waals surface area contributed by atoms with Crippen molar-refractivity contribution in [3.8, 4) is 11.5 Å². The third-order valence-corrected chi connectivity index (χ3v) is 5.52. The quantitative estimate of drug-likeness (QED) is 0.506. The number of ether oxygens (including phenoxy) is 2. The Bertz CT molecular complexity index is 1290. The lowest BCUT2D eigenvalue weighted by atomic mass is 10.0. The molecule has 3 aromatic rings. The minimum absolute atomic E-state index is 0.0458. The Labute approximate surface area is 195 Å². The molecule has 0 bridgehead atoms. The average Bonchev–Trinajstić information content (AvgIpc) is 3.04. The summed E-state index contributed by atoms with van der Waals surface area (Å²) in [6, 6.07) is 15.3. The van der Waals surface area contributed by atoms with Gasteiger partial charge in [-0.3, -0.25) is 9.59 Å². The Morgan fingerprint density at radius 2 is 1.64 bits per heavy atom. The first-order valence-electron chi connectivity index (χ1n) is 9.98. The number of aryl methyl sites for hydroxylation is 1. The van der Waals surface area contributed by atoms with Crippen LogP contribution >= 0.6 is 11.6 Å². The molecule has 1 aliphatic rings. The van der Waals surface area contributed by atoms with Gasteiger partial charge >= 0.3 is 0 Å². The summed E-state index contributed by atoms with van der Waals surface area (Å²) < 4.78 is 24.2. The van der Waals surface area contributed by atoms with Crippen molar-refractivity contribution in [1.29, 1.82) is 0 Å². The van der Waals surface area contributed by atoms with Gasteiger partial charge in [-0.2, -0.15) is 0 Å². The summed E-state index contributed by atoms with van der Waals surface area (Å²) in [6.07, 6.45) is 0. The van der Waals surface area contributed by atoms with E-state index in [-0.39, 0.29) is 11.3 Å². The van der Waals surface area contributed by atoms with Crippen molar-refractivity contribution in [2.24, 2.45) is 0 Å². The molecule has 2 amide bonds. The molecular formula is C25H20ClFN2O4. The molecule has 0 saturated carbocycles. The minimum atomic E-state index is -0.553. The molecule has 0 fully saturated rings. The fraction of sp³-hybridized carbons (Fsp3) is 0.120. The van der Waals surface area contributed by atoms with Gasteiger partial charge in [0.05, 0.1) is 31.2 Å². The number of hydrogen-bond acceptors (Lipinski definition) is 5. The maximum absolute atomic E-state index is 13.6. The van der Waals surface area contributed by atoms with E-state index in [1.54, 1.807) is 43.3 Å². The first kappa shape index (κ1) is 22.4. The number of anilines is 2. The number of nitrogens with one attached hydrogen (secondary N) is 1. The molecule has 0 unspecified atom stereocenters. The number of amides is 2. The second-order valence-corrected chi connectivity index (χ2v) is 7.76. The lowest BCUT2D eigenvalue weighted by molar-refractivity contribution is -0.120. The van der Waals surface area contributed by atoms with Gasteiger partial charge in [-0.25, -0.2) is 9.29 Å². The molecule has 33 heavy (non-hydrogen) atoms. The highest BCUT2D eigenvalue weighted by atomic mass is 35.5. The van der Waals surface area contributed by atoms with Gasteiger partial charge in [0.2, 0.25) is 0 Å². The zero-order chi connectivity index (χ0) is 23.7. The molecule has 168 valence electrons. The Hall–Kier alpha value is -3.84. The van der Waals surface area contributed by atoms with E-state index in [0.29, 0.717) is 39.0 Å². The van der Waals surface area contributed by atoms with Crippen molar-refractivity contribution in [3.05, 3.63) is 88.3 Å². The monoisotopic (exact) mass is 466 g/mol. The van der Waals surface area contributed by atoms with Crippen LogP contribution in [0.25, 0.3) is 5.57 Å². The molecule has 1 heterocycles. The predicted molar refractivity (Wildman–Crippen MR) is 125 cm³/mol. The summed E-state index contributed by atoms with van der Waals surface area (Å²) in [5.41, 5.74) is 2.10. The van der Waals surface area contributed by atoms with E-state index in [1.807, 2.05) is 0 Å². The van der Waals surface area contributed by atoms with Gasteiger partial charge in [0.25, 0.3) is 11.8 Å². The van der Waals surface area contributed by atoms with Crippen molar-refractivity contribution < 1.29 is 23.5 Å². The van der Waals surface area contributed by atoms with Crippen molar-refractivity contribution in [2.75, 3.05) is 24.4 Å². The molecule has 1 aliphatic heterocycles. The third kappa shape index (κ3) is 4.15. The molecule has 0 aliphatic carbocycles. The number of carbonyl (C=O) groups excluding carboxylic acids is 2. The minimum Gasteiger partial charge on any atom is -0.497 e. The number of hydrogen-bond donors (Lipinski definition) is 1. The van der Waals surface area contributed by atoms with Crippen LogP contribution < -0.4 is 19.7 Å². The van der Waals surface area contributed by atoms with Crippen LogP contribution in [0.3, 0.4) is 0 Å². The summed E-state index contributed by atoms with van der Waals surface area (Å²) in [5, 5.41) is 3.54. The predicted octanol–water partition coefficient (Wildman–Crippen LogP) is 5.20. The lowest BCUT2D eigenvalue weighted by Gasteiger charge is -2.18. The zero-order valence-corrected chi connectivity index (χ0v) is 18.9. The Kier molecular flexibility index (Phi) is 6.07. The summed E-state index contributed by atoms with van der Waals surface area (Å²) in [7, 11) is 3.02. The molecule has 1 N–H and O–H groups in total. The van der Waals surface area contributed by atoms with Crippen molar-refractivity contribution in [3.63, 3.8) is 0 Å². The fourth-order valence-corrected chi connectivity index (χ4v) is 3.88. The summed E-state index contributed by atoms with van der Waals surface area (Å²) in [4.78, 5) is 28.2. The SMILES string of the molecule is COc1ccc(NC2=C(c3ccc(F)cc3)C(=O)N(c3ccc(Cl)cc3C)C2=O)c(OC)c1. The first-order chi connectivity index (χ1) is 15.8. The van der Waals surface area contributed by atoms with Crippen molar-refractivity contribution >= 4 is 40.4 Å². The van der Waals surface area contributed by atoms with E-state index >= 15 is 0 Å². The number of rotatable bonds is 6. The van der Waals surface area contributed by atoms with Crippen molar-refractivity contribution in [1.82, 2.24) is 0 Å². The van der Waals surface area contributed by atoms with Crippen LogP contribution in [0.4, 0.5) is 15.8 Å². The van der Waals surface area contributed by atoms with Crippen LogP contribution in [0.2, 0.25) is 5.02 Å². The molecule has 0 atom stereocenters. The zero-order valence-electron chi connectivity index (χ0n) is 18.1. The highest BCUT2D eigenvalue weighted by Crippen LogP contribution is 2.38. The van der Waals surface area contributed by atoms with Gasteiger partial charge in [-0.1, -0.05) is 23.7 Å². The molecule has 0 saturated heterocycles. The van der Waals surface area contributed by atoms with Crippen LogP contribution in [-0.2, 0) is 9.59 Å². The number of nitrogens with zero attached hydrogens (tertiary/aromatic N) is 1. The first-order valence-corrected chi connectivity index (χ1v) is 10.4. The second-order valence-electron chi connectivity index (χ2n) is 7.32. The summed E-state index contributed by atoms with van der Waals surface area (Å²) in [6.45, 7) is 1.76. The topological polar surface area (TPSA) is 67.9 Å². The molecular weight excluding hydrogens is 447 g/mol. The van der Waals surface area contributed by atoms with E-state index in [0.717, 1.165) is 4.90 Å². The standard InChI is InChI=1S/C25H20ClFN2O4/c1-14-12-16(26)6-11-20(14)29-24(30)22(15-4-7-17(27)8-5-15)23(25(29)31)28-19-10-9-18(32-2)13-21(19)33-3/h4-13,28H,1-3H3. The Balaban J connectivity index is 1.85. The Morgan fingerprint density at radius 1 is 0.909 bits per heavy atom. The van der Waals surface area contributed by atoms with Gasteiger partial charge in [-0.05, 0) is 60.5 Å². The van der Waals surface area contributed by atoms with E-state index in [9.17, 15) is 14.0 Å². The highest BCUT2D eigenvalue weighted by Gasteiger charge is 2.41. The van der Waals surface area contributed by atoms with Gasteiger partial charge in [0.15, 0.2) is 0 Å². The molecule has 6 nitrogen and oxygen atoms in total. The van der Waals surface area contributed by atoms with Gasteiger partial charge in [0, 0.05) is 11.1 Å². The molecule has 4 rings (SSSR count). The fourth-order valence-electron chi connectivity index (χ4n) is 3.66. The molecule has 8 heteroatoms. The highest BCUT2D eigenvalue weighted by molar-refractivity contribution is 6.46. The lowest BCUT2D eigenvalue weighted by Crippen LogP contribution is -2.33. The van der Waals surface area contributed by atoms with E-state index < -0.39 is 17.6 Å². The van der Waals surface area contributed by atoms with E-state index in [4.69, 9.17) is 21.1 Å². The number of imide groups is 1. The van der Waals surface area contributed by atoms with Crippen LogP contribution in [0.5, 0.6) is 11.5 Å². The van der Waals surface area contributed by atoms with Crippen LogP contribution in [-0.4, -0.2) is 26.0 Å². The maximum Gasteiger partial charge on any atom is 0.282 e. The number of halogens is 2. The van der Waals surface area contributed by atoms with Gasteiger partial charge in [0.1, 0.15) is 23.0 Å². The van der Waals surface area contributed by atoms with Crippen LogP contribution in [0.15, 0.2) is 66.4 Å². The van der Waals surface area contributed by atoms with Crippen LogP contribution in [0.1, 0.15) is 11.1 Å². The number of benzene rings is 3. The Morgan fingerprint density at radius 3 is 2.27 bits per heavy atom. The second kappa shape index (κ2) is 8.96. The molecule has 0 spiro atoms. The molecule has 0 radical (unpaired) electrons. The van der Waals surface area contributed by atoms with E-state index in [1.165, 1.54) is 38.5 Å². The van der Waals surface area contributed by atoms with Crippen molar-refractivity contribution in [2.45, 2.75) is 6.92 Å². The number of carbonyl (C=O) groups is 2. The largest absolute Gasteiger partial charge is 0.497 e. The average molecular weight is 467 g/mol. The third-order valence-electron chi connectivity index (χ3n) is 5.28. The normalized spacial score (nSPS) is 13.5. The van der Waals surface area contributed by atoms with Gasteiger partial charge in [-0.15, -0.1) is 0 Å². The number of methoxy groups -OCH3 is 2. The van der Waals surface area contributed by atoms with Crippen LogP contribution in [0, 0.1) is 12.7 Å².